The van der Waals surface area contributed by atoms with Gasteiger partial charge in [0.1, 0.15) is 0 Å². The lowest BCUT2D eigenvalue weighted by Crippen LogP contribution is -2.11. The van der Waals surface area contributed by atoms with Crippen molar-refractivity contribution >= 4 is 0 Å². The average molecular weight is 292 g/mol. The smallest absolute Gasteiger partial charge is 0.0927 e. The molecule has 0 aromatic heterocycles. The highest BCUT2D eigenvalue weighted by molar-refractivity contribution is 5.35. The Morgan fingerprint density at radius 1 is 0.909 bits per heavy atom. The van der Waals surface area contributed by atoms with E-state index in [1.165, 1.54) is 12.8 Å². The van der Waals surface area contributed by atoms with E-state index in [9.17, 15) is 5.11 Å². The Hall–Kier alpha value is -2.04. The Labute approximate surface area is 134 Å². The largest absolute Gasteiger partial charge is 0.387 e. The summed E-state index contributed by atoms with van der Waals surface area (Å²) < 4.78 is 0. The summed E-state index contributed by atoms with van der Waals surface area (Å²) in [6, 6.07) is 19.8. The summed E-state index contributed by atoms with van der Waals surface area (Å²) in [6.07, 6.45) is 3.89. The molecular formula is C21H24O. The van der Waals surface area contributed by atoms with Crippen LogP contribution >= 0.6 is 0 Å². The van der Waals surface area contributed by atoms with Gasteiger partial charge in [-0.25, -0.2) is 0 Å². The van der Waals surface area contributed by atoms with E-state index in [1.807, 2.05) is 60.7 Å². The van der Waals surface area contributed by atoms with E-state index < -0.39 is 6.10 Å². The number of benzene rings is 2. The Bertz CT molecular complexity index is 592. The quantitative estimate of drug-likeness (QED) is 0.589. The third-order valence-electron chi connectivity index (χ3n) is 3.82. The van der Waals surface area contributed by atoms with E-state index in [-0.39, 0.29) is 5.92 Å². The minimum absolute atomic E-state index is 0.0193. The van der Waals surface area contributed by atoms with Crippen LogP contribution in [0.2, 0.25) is 0 Å². The minimum Gasteiger partial charge on any atom is -0.387 e. The maximum absolute atomic E-state index is 10.7. The van der Waals surface area contributed by atoms with Gasteiger partial charge in [0.05, 0.1) is 12.0 Å². The number of aliphatic hydroxyl groups excluding tert-OH is 1. The zero-order valence-electron chi connectivity index (χ0n) is 13.2. The number of aliphatic hydroxyl groups is 1. The first kappa shape index (κ1) is 16.3. The summed E-state index contributed by atoms with van der Waals surface area (Å²) in [7, 11) is 0. The molecule has 0 bridgehead atoms. The molecule has 0 aliphatic carbocycles. The van der Waals surface area contributed by atoms with Crippen molar-refractivity contribution in [3.05, 3.63) is 71.8 Å². The van der Waals surface area contributed by atoms with Gasteiger partial charge in [-0.1, -0.05) is 86.6 Å². The van der Waals surface area contributed by atoms with E-state index in [4.69, 9.17) is 0 Å². The molecule has 2 aromatic rings. The van der Waals surface area contributed by atoms with Crippen LogP contribution in [-0.2, 0) is 0 Å². The molecule has 0 fully saturated rings. The number of hydrogen-bond acceptors (Lipinski definition) is 1. The summed E-state index contributed by atoms with van der Waals surface area (Å²) in [5.41, 5.74) is 1.95. The summed E-state index contributed by atoms with van der Waals surface area (Å²) in [4.78, 5) is 0. The molecule has 2 aromatic carbocycles. The molecule has 0 heterocycles. The van der Waals surface area contributed by atoms with Crippen LogP contribution in [-0.4, -0.2) is 5.11 Å². The van der Waals surface area contributed by atoms with Gasteiger partial charge >= 0.3 is 0 Å². The molecule has 0 radical (unpaired) electrons. The van der Waals surface area contributed by atoms with Crippen molar-refractivity contribution in [3.8, 4) is 11.8 Å². The molecule has 1 N–H and O–H groups in total. The van der Waals surface area contributed by atoms with Crippen LogP contribution in [0.15, 0.2) is 60.7 Å². The second-order valence-corrected chi connectivity index (χ2v) is 5.59. The SMILES string of the molecule is CCCCCC(C#Cc1ccccc1)C(O)c1ccccc1. The summed E-state index contributed by atoms with van der Waals surface area (Å²) >= 11 is 0. The van der Waals surface area contributed by atoms with E-state index in [1.54, 1.807) is 0 Å². The minimum atomic E-state index is -0.519. The molecule has 2 unspecified atom stereocenters. The van der Waals surface area contributed by atoms with Crippen LogP contribution < -0.4 is 0 Å². The number of rotatable bonds is 6. The molecule has 2 atom stereocenters. The molecule has 0 amide bonds. The molecule has 2 rings (SSSR count). The van der Waals surface area contributed by atoms with Gasteiger partial charge in [-0.15, -0.1) is 0 Å². The highest BCUT2D eigenvalue weighted by Crippen LogP contribution is 2.26. The first-order valence-electron chi connectivity index (χ1n) is 8.11. The summed E-state index contributed by atoms with van der Waals surface area (Å²) in [5, 5.41) is 10.7. The Kier molecular flexibility index (Phi) is 6.74. The van der Waals surface area contributed by atoms with Gasteiger partial charge < -0.3 is 5.11 Å². The van der Waals surface area contributed by atoms with Gasteiger partial charge in [0, 0.05) is 5.56 Å². The molecule has 0 aliphatic rings. The zero-order valence-corrected chi connectivity index (χ0v) is 13.2. The average Bonchev–Trinajstić information content (AvgIpc) is 2.59. The lowest BCUT2D eigenvalue weighted by molar-refractivity contribution is 0.130. The van der Waals surface area contributed by atoms with E-state index >= 15 is 0 Å². The Balaban J connectivity index is 2.14. The third-order valence-corrected chi connectivity index (χ3v) is 3.82. The second-order valence-electron chi connectivity index (χ2n) is 5.59. The zero-order chi connectivity index (χ0) is 15.6. The van der Waals surface area contributed by atoms with Gasteiger partial charge in [0.25, 0.3) is 0 Å². The van der Waals surface area contributed by atoms with Crippen LogP contribution in [0.4, 0.5) is 0 Å². The monoisotopic (exact) mass is 292 g/mol. The van der Waals surface area contributed by atoms with Gasteiger partial charge in [-0.2, -0.15) is 0 Å². The van der Waals surface area contributed by atoms with Crippen molar-refractivity contribution in [2.75, 3.05) is 0 Å². The van der Waals surface area contributed by atoms with Gasteiger partial charge in [-0.05, 0) is 24.1 Å². The maximum atomic E-state index is 10.7. The molecule has 22 heavy (non-hydrogen) atoms. The topological polar surface area (TPSA) is 20.2 Å². The Morgan fingerprint density at radius 3 is 2.18 bits per heavy atom. The standard InChI is InChI=1S/C21H24O/c1-2-3-6-13-20(17-16-18-11-7-4-8-12-18)21(22)19-14-9-5-10-15-19/h4-5,7-12,14-15,20-22H,2-3,6,13H2,1H3. The van der Waals surface area contributed by atoms with Crippen LogP contribution in [0.1, 0.15) is 49.8 Å². The predicted octanol–water partition coefficient (Wildman–Crippen LogP) is 4.97. The third kappa shape index (κ3) is 5.06. The molecule has 114 valence electrons. The van der Waals surface area contributed by atoms with Crippen LogP contribution in [0.3, 0.4) is 0 Å². The molecular weight excluding hydrogens is 268 g/mol. The van der Waals surface area contributed by atoms with Crippen molar-refractivity contribution in [3.63, 3.8) is 0 Å². The van der Waals surface area contributed by atoms with Gasteiger partial charge in [-0.3, -0.25) is 0 Å². The predicted molar refractivity (Wildman–Crippen MR) is 92.4 cm³/mol. The molecule has 0 aliphatic heterocycles. The lowest BCUT2D eigenvalue weighted by Gasteiger charge is -2.18. The molecule has 0 spiro atoms. The fraction of sp³-hybridized carbons (Fsp3) is 0.333. The van der Waals surface area contributed by atoms with Gasteiger partial charge in [0.2, 0.25) is 0 Å². The number of unbranched alkanes of at least 4 members (excludes halogenated alkanes) is 2. The van der Waals surface area contributed by atoms with Crippen molar-refractivity contribution in [1.29, 1.82) is 0 Å². The first-order chi connectivity index (χ1) is 10.8. The van der Waals surface area contributed by atoms with Crippen molar-refractivity contribution in [1.82, 2.24) is 0 Å². The fourth-order valence-corrected chi connectivity index (χ4v) is 2.50. The normalized spacial score (nSPS) is 13.0. The first-order valence-corrected chi connectivity index (χ1v) is 8.11. The molecule has 0 saturated heterocycles. The van der Waals surface area contributed by atoms with Crippen molar-refractivity contribution in [2.24, 2.45) is 5.92 Å². The van der Waals surface area contributed by atoms with Crippen molar-refractivity contribution in [2.45, 2.75) is 38.7 Å². The van der Waals surface area contributed by atoms with Crippen molar-refractivity contribution < 1.29 is 5.11 Å². The number of hydrogen-bond donors (Lipinski definition) is 1. The second kappa shape index (κ2) is 9.07. The highest BCUT2D eigenvalue weighted by Gasteiger charge is 2.18. The van der Waals surface area contributed by atoms with Gasteiger partial charge in [0.15, 0.2) is 0 Å². The summed E-state index contributed by atoms with van der Waals surface area (Å²) in [5.74, 6) is 6.49. The molecule has 1 nitrogen and oxygen atoms in total. The van der Waals surface area contributed by atoms with Crippen LogP contribution in [0.5, 0.6) is 0 Å². The van der Waals surface area contributed by atoms with Crippen LogP contribution in [0, 0.1) is 17.8 Å². The van der Waals surface area contributed by atoms with E-state index in [0.29, 0.717) is 0 Å². The Morgan fingerprint density at radius 2 is 1.55 bits per heavy atom. The fourth-order valence-electron chi connectivity index (χ4n) is 2.50. The molecule has 0 saturated carbocycles. The van der Waals surface area contributed by atoms with Crippen LogP contribution in [0.25, 0.3) is 0 Å². The lowest BCUT2D eigenvalue weighted by atomic mass is 9.91. The molecule has 1 heteroatoms. The highest BCUT2D eigenvalue weighted by atomic mass is 16.3. The van der Waals surface area contributed by atoms with E-state index in [0.717, 1.165) is 24.0 Å². The summed E-state index contributed by atoms with van der Waals surface area (Å²) in [6.45, 7) is 2.19. The van der Waals surface area contributed by atoms with E-state index in [2.05, 4.69) is 18.8 Å². The maximum Gasteiger partial charge on any atom is 0.0927 e.